The predicted molar refractivity (Wildman–Crippen MR) is 234 cm³/mol. The number of rotatable bonds is 6. The third kappa shape index (κ3) is 5.43. The molecule has 0 unspecified atom stereocenters. The summed E-state index contributed by atoms with van der Waals surface area (Å²) in [6, 6.07) is 71.1. The maximum atomic E-state index is 6.19. The van der Waals surface area contributed by atoms with Gasteiger partial charge in [-0.2, -0.15) is 0 Å². The number of furan rings is 1. The second-order valence-electron chi connectivity index (χ2n) is 15.1. The van der Waals surface area contributed by atoms with E-state index in [9.17, 15) is 0 Å². The quantitative estimate of drug-likeness (QED) is 0.171. The van der Waals surface area contributed by atoms with Gasteiger partial charge < -0.3 is 4.42 Å². The number of nitrogens with zero attached hydrogens (tertiary/aromatic N) is 2. The van der Waals surface area contributed by atoms with E-state index >= 15 is 0 Å². The van der Waals surface area contributed by atoms with E-state index in [0.717, 1.165) is 72.3 Å². The van der Waals surface area contributed by atoms with Crippen LogP contribution in [0.15, 0.2) is 205 Å². The molecule has 0 radical (unpaired) electrons. The topological polar surface area (TPSA) is 38.9 Å². The first-order valence-electron chi connectivity index (χ1n) is 19.5. The molecule has 0 aliphatic heterocycles. The summed E-state index contributed by atoms with van der Waals surface area (Å²) in [6.45, 7) is 2.36. The maximum Gasteiger partial charge on any atom is 0.160 e. The van der Waals surface area contributed by atoms with Crippen molar-refractivity contribution in [2.75, 3.05) is 0 Å². The molecule has 268 valence electrons. The summed E-state index contributed by atoms with van der Waals surface area (Å²) in [5.41, 5.74) is 17.6. The smallest absolute Gasteiger partial charge is 0.160 e. The van der Waals surface area contributed by atoms with E-state index in [-0.39, 0.29) is 5.41 Å². The monoisotopic (exact) mass is 728 g/mol. The Bertz CT molecular complexity index is 3080. The first-order valence-corrected chi connectivity index (χ1v) is 19.5. The zero-order valence-corrected chi connectivity index (χ0v) is 31.4. The number of aromatic nitrogens is 2. The van der Waals surface area contributed by atoms with Crippen molar-refractivity contribution in [2.24, 2.45) is 0 Å². The Hall–Kier alpha value is -7.36. The standard InChI is InChI=1S/C54H36N2O/c1-54(46-21-8-5-17-43(46)44-18-6-9-22-47(44)54)41-31-29-35(30-32-41)39-15-11-16-40(33-39)49-34-48(55-53(56-49)38-13-3-2-4-14-38)37-27-25-36(26-28-37)42-20-12-24-51-52(42)45-19-7-10-23-50(45)57-51/h2-34H,1H3. The first-order chi connectivity index (χ1) is 28.1. The Morgan fingerprint density at radius 3 is 1.68 bits per heavy atom. The highest BCUT2D eigenvalue weighted by Crippen LogP contribution is 2.52. The number of benzene rings is 8. The predicted octanol–water partition coefficient (Wildman–Crippen LogP) is 14.0. The lowest BCUT2D eigenvalue weighted by atomic mass is 9.74. The summed E-state index contributed by atoms with van der Waals surface area (Å²) < 4.78 is 6.19. The molecule has 0 amide bonds. The van der Waals surface area contributed by atoms with Crippen LogP contribution in [0.4, 0.5) is 0 Å². The molecule has 0 fully saturated rings. The van der Waals surface area contributed by atoms with Crippen molar-refractivity contribution in [1.29, 1.82) is 0 Å². The molecule has 1 aliphatic rings. The summed E-state index contributed by atoms with van der Waals surface area (Å²) in [6.07, 6.45) is 0. The van der Waals surface area contributed by atoms with Crippen LogP contribution in [0, 0.1) is 0 Å². The molecule has 0 N–H and O–H groups in total. The first kappa shape index (κ1) is 33.0. The maximum absolute atomic E-state index is 6.19. The average Bonchev–Trinajstić information content (AvgIpc) is 3.80. The molecular weight excluding hydrogens is 693 g/mol. The van der Waals surface area contributed by atoms with E-state index in [0.29, 0.717) is 5.82 Å². The fourth-order valence-corrected chi connectivity index (χ4v) is 8.91. The lowest BCUT2D eigenvalue weighted by molar-refractivity contribution is 0.669. The molecule has 57 heavy (non-hydrogen) atoms. The average molecular weight is 729 g/mol. The van der Waals surface area contributed by atoms with Crippen molar-refractivity contribution in [1.82, 2.24) is 9.97 Å². The van der Waals surface area contributed by atoms with Gasteiger partial charge in [0, 0.05) is 32.9 Å². The number of fused-ring (bicyclic) bond motifs is 6. The molecule has 0 atom stereocenters. The number of hydrogen-bond donors (Lipinski definition) is 0. The van der Waals surface area contributed by atoms with Crippen LogP contribution in [0.2, 0.25) is 0 Å². The Balaban J connectivity index is 0.959. The minimum atomic E-state index is -0.224. The molecule has 0 saturated heterocycles. The van der Waals surface area contributed by atoms with Gasteiger partial charge in [-0.3, -0.25) is 0 Å². The van der Waals surface area contributed by atoms with Gasteiger partial charge in [0.2, 0.25) is 0 Å². The van der Waals surface area contributed by atoms with Crippen LogP contribution in [0.5, 0.6) is 0 Å². The molecule has 0 spiro atoms. The van der Waals surface area contributed by atoms with Crippen molar-refractivity contribution in [2.45, 2.75) is 12.3 Å². The second kappa shape index (κ2) is 13.1. The van der Waals surface area contributed by atoms with E-state index < -0.39 is 0 Å². The van der Waals surface area contributed by atoms with Gasteiger partial charge in [-0.1, -0.05) is 176 Å². The van der Waals surface area contributed by atoms with Crippen LogP contribution in [0.3, 0.4) is 0 Å². The van der Waals surface area contributed by atoms with Gasteiger partial charge in [0.05, 0.1) is 11.4 Å². The molecule has 2 heterocycles. The van der Waals surface area contributed by atoms with Gasteiger partial charge in [-0.15, -0.1) is 0 Å². The van der Waals surface area contributed by atoms with Crippen LogP contribution in [0.1, 0.15) is 23.6 Å². The molecule has 3 nitrogen and oxygen atoms in total. The molecule has 8 aromatic carbocycles. The van der Waals surface area contributed by atoms with E-state index in [1.807, 2.05) is 36.4 Å². The molecule has 1 aliphatic carbocycles. The van der Waals surface area contributed by atoms with E-state index in [2.05, 4.69) is 171 Å². The minimum absolute atomic E-state index is 0.224. The summed E-state index contributed by atoms with van der Waals surface area (Å²) >= 11 is 0. The van der Waals surface area contributed by atoms with E-state index in [1.165, 1.54) is 27.8 Å². The van der Waals surface area contributed by atoms with Gasteiger partial charge >= 0.3 is 0 Å². The van der Waals surface area contributed by atoms with Crippen LogP contribution in [-0.2, 0) is 5.41 Å². The third-order valence-corrected chi connectivity index (χ3v) is 11.8. The van der Waals surface area contributed by atoms with Gasteiger partial charge in [-0.25, -0.2) is 9.97 Å². The molecule has 10 aromatic rings. The van der Waals surface area contributed by atoms with Crippen molar-refractivity contribution < 1.29 is 4.42 Å². The Morgan fingerprint density at radius 1 is 0.386 bits per heavy atom. The van der Waals surface area contributed by atoms with Crippen LogP contribution < -0.4 is 0 Å². The van der Waals surface area contributed by atoms with Crippen molar-refractivity contribution >= 4 is 21.9 Å². The van der Waals surface area contributed by atoms with Crippen LogP contribution >= 0.6 is 0 Å². The zero-order chi connectivity index (χ0) is 37.9. The van der Waals surface area contributed by atoms with Gasteiger partial charge in [-0.05, 0) is 81.3 Å². The van der Waals surface area contributed by atoms with Crippen molar-refractivity contribution in [3.8, 4) is 67.3 Å². The highest BCUT2D eigenvalue weighted by Gasteiger charge is 2.40. The van der Waals surface area contributed by atoms with Gasteiger partial charge in [0.15, 0.2) is 5.82 Å². The normalized spacial score (nSPS) is 12.8. The SMILES string of the molecule is CC1(c2ccc(-c3cccc(-c4cc(-c5ccc(-c6cccc7oc8ccccc8c67)cc5)nc(-c5ccccc5)n4)c3)cc2)c2ccccc2-c2ccccc21. The number of para-hydroxylation sites is 1. The Labute approximate surface area is 331 Å². The highest BCUT2D eigenvalue weighted by molar-refractivity contribution is 6.12. The molecule has 0 bridgehead atoms. The Kier molecular flexibility index (Phi) is 7.61. The molecule has 11 rings (SSSR count). The third-order valence-electron chi connectivity index (χ3n) is 11.8. The Morgan fingerprint density at radius 2 is 0.930 bits per heavy atom. The van der Waals surface area contributed by atoms with Gasteiger partial charge in [0.1, 0.15) is 11.2 Å². The molecule has 0 saturated carbocycles. The largest absolute Gasteiger partial charge is 0.456 e. The van der Waals surface area contributed by atoms with Crippen molar-refractivity contribution in [3.63, 3.8) is 0 Å². The lowest BCUT2D eigenvalue weighted by Crippen LogP contribution is -2.22. The summed E-state index contributed by atoms with van der Waals surface area (Å²) in [4.78, 5) is 10.3. The van der Waals surface area contributed by atoms with Crippen molar-refractivity contribution in [3.05, 3.63) is 217 Å². The summed E-state index contributed by atoms with van der Waals surface area (Å²) in [5.74, 6) is 0.696. The van der Waals surface area contributed by atoms with Crippen LogP contribution in [-0.4, -0.2) is 9.97 Å². The van der Waals surface area contributed by atoms with Gasteiger partial charge in [0.25, 0.3) is 0 Å². The van der Waals surface area contributed by atoms with E-state index in [1.54, 1.807) is 0 Å². The minimum Gasteiger partial charge on any atom is -0.456 e. The molecule has 2 aromatic heterocycles. The number of hydrogen-bond acceptors (Lipinski definition) is 3. The highest BCUT2D eigenvalue weighted by atomic mass is 16.3. The zero-order valence-electron chi connectivity index (χ0n) is 31.4. The lowest BCUT2D eigenvalue weighted by Gasteiger charge is -2.28. The molecule has 3 heteroatoms. The fraction of sp³-hybridized carbons (Fsp3) is 0.0370. The second-order valence-corrected chi connectivity index (χ2v) is 15.1. The summed E-state index contributed by atoms with van der Waals surface area (Å²) in [7, 11) is 0. The van der Waals surface area contributed by atoms with Crippen LogP contribution in [0.25, 0.3) is 89.2 Å². The molecular formula is C54H36N2O. The van der Waals surface area contributed by atoms with E-state index in [4.69, 9.17) is 14.4 Å². The fourth-order valence-electron chi connectivity index (χ4n) is 8.91. The summed E-state index contributed by atoms with van der Waals surface area (Å²) in [5, 5.41) is 2.26.